The quantitative estimate of drug-likeness (QED) is 0.249. The summed E-state index contributed by atoms with van der Waals surface area (Å²) in [7, 11) is -3.11. The number of sulfone groups is 1. The van der Waals surface area contributed by atoms with Crippen molar-refractivity contribution in [3.63, 3.8) is 0 Å². The first-order valence-corrected chi connectivity index (χ1v) is 12.5. The Balaban J connectivity index is 1.83. The van der Waals surface area contributed by atoms with Crippen LogP contribution >= 0.6 is 0 Å². The highest BCUT2D eigenvalue weighted by Gasteiger charge is 2.57. The number of amides is 2. The molecule has 1 aliphatic carbocycles. The van der Waals surface area contributed by atoms with Gasteiger partial charge >= 0.3 is 0 Å². The second kappa shape index (κ2) is 9.32. The van der Waals surface area contributed by atoms with Gasteiger partial charge in [-0.05, 0) is 42.7 Å². The highest BCUT2D eigenvalue weighted by atomic mass is 32.2. The Bertz CT molecular complexity index is 1240. The van der Waals surface area contributed by atoms with Crippen molar-refractivity contribution in [1.82, 2.24) is 15.5 Å². The number of nitrogens with one attached hydrogen (secondary N) is 1. The number of nitrogens with zero attached hydrogens (tertiary/aromatic N) is 3. The lowest BCUT2D eigenvalue weighted by atomic mass is 10.1. The van der Waals surface area contributed by atoms with E-state index in [9.17, 15) is 18.0 Å². The molecular weight excluding hydrogens is 458 g/mol. The fraction of sp³-hybridized carbons (Fsp3) is 0.435. The molecule has 4 rings (SSSR count). The second-order valence-electron chi connectivity index (χ2n) is 8.66. The van der Waals surface area contributed by atoms with Gasteiger partial charge in [0.15, 0.2) is 0 Å². The molecule has 2 atom stereocenters. The van der Waals surface area contributed by atoms with E-state index < -0.39 is 32.6 Å². The summed E-state index contributed by atoms with van der Waals surface area (Å²) >= 11 is 0. The smallest absolute Gasteiger partial charge is 0.272 e. The van der Waals surface area contributed by atoms with Crippen LogP contribution in [0.2, 0.25) is 0 Å². The van der Waals surface area contributed by atoms with E-state index in [1.165, 1.54) is 30.3 Å². The number of nitrogens with two attached hydrogens (primary N) is 1. The highest BCUT2D eigenvalue weighted by Crippen LogP contribution is 2.34. The minimum absolute atomic E-state index is 0.188. The maximum atomic E-state index is 14.1. The van der Waals surface area contributed by atoms with Crippen molar-refractivity contribution in [2.75, 3.05) is 26.7 Å². The summed E-state index contributed by atoms with van der Waals surface area (Å²) in [6.07, 6.45) is 2.01. The molecule has 1 aliphatic heterocycles. The van der Waals surface area contributed by atoms with E-state index in [-0.39, 0.29) is 10.9 Å². The molecule has 1 radical (unpaired) electrons. The van der Waals surface area contributed by atoms with Crippen LogP contribution in [0.3, 0.4) is 0 Å². The van der Waals surface area contributed by atoms with Crippen molar-refractivity contribution < 1.29 is 22.7 Å². The van der Waals surface area contributed by atoms with E-state index in [0.717, 1.165) is 12.3 Å². The molecule has 2 fully saturated rings. The third-order valence-corrected chi connectivity index (χ3v) is 8.53. The molecule has 11 heteroatoms. The Kier molecular flexibility index (Phi) is 6.61. The zero-order valence-corrected chi connectivity index (χ0v) is 19.9. The number of likely N-dealkylation sites (N-methyl/N-ethyl adjacent to an activating group) is 1. The predicted octanol–water partition coefficient (Wildman–Crippen LogP) is 0.363. The molecule has 1 saturated heterocycles. The molecule has 0 spiro atoms. The zero-order valence-electron chi connectivity index (χ0n) is 19.1. The molecule has 1 heterocycles. The maximum absolute atomic E-state index is 14.1. The number of hydrogen-bond donors (Lipinski definition) is 2. The Labute approximate surface area is 198 Å². The standard InChI is InChI=1S/C23H28N5O5S/c1-23(21(29)27-17-7-8-17,22(30)28(2)20-14-25-9-10-33-20)34(31,32)18-11-15-5-3-4-6-19(15)16(12-18)13-26-24/h3-6,11-13,17,20,25H,7-10,14,24H2,1-2H3. The van der Waals surface area contributed by atoms with Gasteiger partial charge in [-0.15, -0.1) is 0 Å². The summed E-state index contributed by atoms with van der Waals surface area (Å²) in [5, 5.41) is 12.0. The number of hydrazone groups is 1. The van der Waals surface area contributed by atoms with E-state index in [0.29, 0.717) is 43.5 Å². The summed E-state index contributed by atoms with van der Waals surface area (Å²) < 4.78 is 31.3. The molecule has 181 valence electrons. The average molecular weight is 487 g/mol. The second-order valence-corrected chi connectivity index (χ2v) is 11.0. The number of benzene rings is 2. The lowest BCUT2D eigenvalue weighted by Crippen LogP contribution is -2.62. The van der Waals surface area contributed by atoms with Crippen LogP contribution in [0.1, 0.15) is 25.3 Å². The Morgan fingerprint density at radius 3 is 2.65 bits per heavy atom. The lowest BCUT2D eigenvalue weighted by molar-refractivity contribution is -0.151. The van der Waals surface area contributed by atoms with Crippen LogP contribution < -0.4 is 16.5 Å². The molecule has 2 aromatic carbocycles. The Morgan fingerprint density at radius 2 is 2.00 bits per heavy atom. The summed E-state index contributed by atoms with van der Waals surface area (Å²) in [5.74, 6) is 3.48. The highest BCUT2D eigenvalue weighted by molar-refractivity contribution is 7.94. The fourth-order valence-corrected chi connectivity index (χ4v) is 5.66. The molecule has 2 aliphatic rings. The third-order valence-electron chi connectivity index (χ3n) is 6.25. The minimum Gasteiger partial charge on any atom is -0.356 e. The summed E-state index contributed by atoms with van der Waals surface area (Å²) in [6.45, 7) is 2.43. The third kappa shape index (κ3) is 4.26. The van der Waals surface area contributed by atoms with E-state index in [2.05, 4.69) is 15.7 Å². The van der Waals surface area contributed by atoms with E-state index >= 15 is 0 Å². The van der Waals surface area contributed by atoms with Crippen LogP contribution in [0.15, 0.2) is 46.4 Å². The average Bonchev–Trinajstić information content (AvgIpc) is 3.67. The molecule has 1 saturated carbocycles. The van der Waals surface area contributed by atoms with Gasteiger partial charge in [0.2, 0.25) is 14.6 Å². The SMILES string of the molecule is CN(C(=O)C(C)(C(=O)[N]C1CC1)S(=O)(=O)c1cc(C=NN)c2ccccc2c1)C1CNCCO1. The van der Waals surface area contributed by atoms with E-state index in [1.807, 2.05) is 12.1 Å². The van der Waals surface area contributed by atoms with Gasteiger partial charge in [-0.1, -0.05) is 24.3 Å². The van der Waals surface area contributed by atoms with Gasteiger partial charge in [-0.2, -0.15) is 5.10 Å². The van der Waals surface area contributed by atoms with E-state index in [1.54, 1.807) is 12.1 Å². The minimum atomic E-state index is -4.55. The van der Waals surface area contributed by atoms with Crippen molar-refractivity contribution in [3.8, 4) is 0 Å². The number of fused-ring (bicyclic) bond motifs is 1. The van der Waals surface area contributed by atoms with Crippen LogP contribution in [0, 0.1) is 0 Å². The van der Waals surface area contributed by atoms with Gasteiger partial charge in [0.05, 0.1) is 23.8 Å². The maximum Gasteiger partial charge on any atom is 0.272 e. The van der Waals surface area contributed by atoms with Gasteiger partial charge in [0, 0.05) is 25.7 Å². The van der Waals surface area contributed by atoms with Crippen LogP contribution in [0.25, 0.3) is 10.8 Å². The first-order valence-electron chi connectivity index (χ1n) is 11.1. The normalized spacial score (nSPS) is 20.7. The number of carbonyl (C=O) groups excluding carboxylic acids is 2. The van der Waals surface area contributed by atoms with Gasteiger partial charge in [-0.3, -0.25) is 9.59 Å². The Morgan fingerprint density at radius 1 is 1.26 bits per heavy atom. The molecule has 2 aromatic rings. The van der Waals surface area contributed by atoms with Crippen LogP contribution in [0.4, 0.5) is 0 Å². The monoisotopic (exact) mass is 486 g/mol. The molecule has 10 nitrogen and oxygen atoms in total. The fourth-order valence-electron chi connectivity index (χ4n) is 3.97. The first kappa shape index (κ1) is 24.1. The zero-order chi connectivity index (χ0) is 24.5. The first-order chi connectivity index (χ1) is 16.2. The Hall–Kier alpha value is -3.02. The number of morpholine rings is 1. The molecule has 3 N–H and O–H groups in total. The number of carbonyl (C=O) groups is 2. The van der Waals surface area contributed by atoms with Gasteiger partial charge in [0.1, 0.15) is 6.23 Å². The summed E-state index contributed by atoms with van der Waals surface area (Å²) in [6, 6.07) is 9.69. The van der Waals surface area contributed by atoms with Crippen molar-refractivity contribution in [2.45, 2.75) is 41.7 Å². The van der Waals surface area contributed by atoms with Crippen molar-refractivity contribution in [3.05, 3.63) is 42.0 Å². The van der Waals surface area contributed by atoms with Crippen LogP contribution in [-0.4, -0.2) is 75.1 Å². The summed E-state index contributed by atoms with van der Waals surface area (Å²) in [4.78, 5) is 28.0. The van der Waals surface area contributed by atoms with Crippen molar-refractivity contribution in [1.29, 1.82) is 0 Å². The number of rotatable bonds is 7. The van der Waals surface area contributed by atoms with Crippen molar-refractivity contribution >= 4 is 38.6 Å². The molecule has 2 unspecified atom stereocenters. The van der Waals surface area contributed by atoms with Crippen LogP contribution in [0.5, 0.6) is 0 Å². The van der Waals surface area contributed by atoms with Crippen LogP contribution in [-0.2, 0) is 24.2 Å². The van der Waals surface area contributed by atoms with Crippen molar-refractivity contribution in [2.24, 2.45) is 10.9 Å². The van der Waals surface area contributed by atoms with E-state index in [4.69, 9.17) is 10.6 Å². The molecule has 0 aromatic heterocycles. The van der Waals surface area contributed by atoms with Gasteiger partial charge in [0.25, 0.3) is 11.8 Å². The number of ether oxygens (including phenoxy) is 1. The molecule has 0 bridgehead atoms. The largest absolute Gasteiger partial charge is 0.356 e. The molecule has 2 amide bonds. The predicted molar refractivity (Wildman–Crippen MR) is 127 cm³/mol. The molecule has 34 heavy (non-hydrogen) atoms. The van der Waals surface area contributed by atoms with Gasteiger partial charge < -0.3 is 20.8 Å². The number of hydrogen-bond acceptors (Lipinski definition) is 8. The topological polar surface area (TPSA) is 145 Å². The lowest BCUT2D eigenvalue weighted by Gasteiger charge is -2.36. The van der Waals surface area contributed by atoms with Gasteiger partial charge in [-0.25, -0.2) is 13.7 Å². The molecular formula is C23H28N5O5S. The summed E-state index contributed by atoms with van der Waals surface area (Å²) in [5.41, 5.74) is 0.453.